The van der Waals surface area contributed by atoms with E-state index >= 15 is 0 Å². The molecule has 0 saturated carbocycles. The lowest BCUT2D eigenvalue weighted by Crippen LogP contribution is -2.28. The van der Waals surface area contributed by atoms with Gasteiger partial charge in [0.1, 0.15) is 0 Å². The van der Waals surface area contributed by atoms with Crippen molar-refractivity contribution in [1.82, 2.24) is 0 Å². The highest BCUT2D eigenvalue weighted by atomic mass is 79.9. The first kappa shape index (κ1) is 8.51. The van der Waals surface area contributed by atoms with Gasteiger partial charge in [0.05, 0.1) is 0 Å². The lowest BCUT2D eigenvalue weighted by atomic mass is 10.1. The van der Waals surface area contributed by atoms with Gasteiger partial charge in [-0.05, 0) is 12.1 Å². The Labute approximate surface area is 84.5 Å². The molecule has 1 aromatic carbocycles. The lowest BCUT2D eigenvalue weighted by Gasteiger charge is -2.03. The molecule has 2 rings (SSSR count). The van der Waals surface area contributed by atoms with Crippen molar-refractivity contribution < 1.29 is 4.73 Å². The second kappa shape index (κ2) is 3.00. The standard InChI is InChI=1S/C10H8BrNO/c1-7-5-9-8(6-12(7)13)3-2-4-10(9)11/h2-6H,1H3. The fraction of sp³-hybridized carbons (Fsp3) is 0.100. The summed E-state index contributed by atoms with van der Waals surface area (Å²) in [5.74, 6) is 0. The van der Waals surface area contributed by atoms with E-state index in [4.69, 9.17) is 0 Å². The topological polar surface area (TPSA) is 26.9 Å². The minimum atomic E-state index is 0.708. The number of rotatable bonds is 0. The summed E-state index contributed by atoms with van der Waals surface area (Å²) in [6.45, 7) is 1.80. The number of nitrogens with zero attached hydrogens (tertiary/aromatic N) is 1. The van der Waals surface area contributed by atoms with E-state index in [1.807, 2.05) is 24.3 Å². The number of pyridine rings is 1. The molecule has 1 aromatic heterocycles. The normalized spacial score (nSPS) is 10.6. The van der Waals surface area contributed by atoms with Gasteiger partial charge in [-0.3, -0.25) is 0 Å². The zero-order valence-electron chi connectivity index (χ0n) is 7.12. The summed E-state index contributed by atoms with van der Waals surface area (Å²) >= 11 is 3.44. The summed E-state index contributed by atoms with van der Waals surface area (Å²) < 4.78 is 1.91. The average Bonchev–Trinajstić information content (AvgIpc) is 2.09. The molecule has 0 unspecified atom stereocenters. The summed E-state index contributed by atoms with van der Waals surface area (Å²) in [5.41, 5.74) is 0.708. The molecule has 2 aromatic rings. The van der Waals surface area contributed by atoms with Crippen LogP contribution in [0.15, 0.2) is 34.9 Å². The molecule has 0 bridgehead atoms. The first-order valence-corrected chi connectivity index (χ1v) is 4.76. The Bertz CT molecular complexity index is 468. The zero-order chi connectivity index (χ0) is 9.42. The van der Waals surface area contributed by atoms with Crippen molar-refractivity contribution in [3.05, 3.63) is 45.8 Å². The van der Waals surface area contributed by atoms with Crippen LogP contribution in [0.4, 0.5) is 0 Å². The largest absolute Gasteiger partial charge is 0.618 e. The van der Waals surface area contributed by atoms with Gasteiger partial charge in [0.15, 0.2) is 11.9 Å². The summed E-state index contributed by atoms with van der Waals surface area (Å²) in [5, 5.41) is 13.3. The molecule has 0 fully saturated rings. The van der Waals surface area contributed by atoms with Gasteiger partial charge in [-0.2, -0.15) is 4.73 Å². The second-order valence-corrected chi connectivity index (χ2v) is 3.84. The Morgan fingerprint density at radius 3 is 2.92 bits per heavy atom. The molecule has 0 aliphatic carbocycles. The first-order valence-electron chi connectivity index (χ1n) is 3.96. The predicted molar refractivity (Wildman–Crippen MR) is 55.3 cm³/mol. The number of hydrogen-bond acceptors (Lipinski definition) is 1. The number of fused-ring (bicyclic) bond motifs is 1. The van der Waals surface area contributed by atoms with Crippen LogP contribution in [-0.2, 0) is 0 Å². The molecule has 2 nitrogen and oxygen atoms in total. The SMILES string of the molecule is Cc1cc2c(Br)cccc2c[n+]1[O-]. The number of benzene rings is 1. The first-order chi connectivity index (χ1) is 6.18. The Hall–Kier alpha value is -1.09. The molecule has 0 radical (unpaired) electrons. The molecule has 0 amide bonds. The van der Waals surface area contributed by atoms with Gasteiger partial charge in [-0.25, -0.2) is 0 Å². The van der Waals surface area contributed by atoms with Crippen LogP contribution in [-0.4, -0.2) is 0 Å². The lowest BCUT2D eigenvalue weighted by molar-refractivity contribution is -0.610. The number of halogens is 1. The number of aryl methyl sites for hydroxylation is 1. The maximum absolute atomic E-state index is 11.2. The van der Waals surface area contributed by atoms with E-state index in [9.17, 15) is 5.21 Å². The van der Waals surface area contributed by atoms with E-state index < -0.39 is 0 Å². The molecule has 66 valence electrons. The third-order valence-electron chi connectivity index (χ3n) is 2.04. The fourth-order valence-corrected chi connectivity index (χ4v) is 1.82. The van der Waals surface area contributed by atoms with Crippen LogP contribution >= 0.6 is 15.9 Å². The van der Waals surface area contributed by atoms with Gasteiger partial charge in [0, 0.05) is 28.2 Å². The fourth-order valence-electron chi connectivity index (χ4n) is 1.32. The third-order valence-corrected chi connectivity index (χ3v) is 2.74. The van der Waals surface area contributed by atoms with Gasteiger partial charge in [-0.15, -0.1) is 0 Å². The van der Waals surface area contributed by atoms with E-state index in [0.717, 1.165) is 20.0 Å². The smallest absolute Gasteiger partial charge is 0.190 e. The monoisotopic (exact) mass is 237 g/mol. The van der Waals surface area contributed by atoms with Crippen LogP contribution < -0.4 is 4.73 Å². The summed E-state index contributed by atoms with van der Waals surface area (Å²) in [6, 6.07) is 7.69. The van der Waals surface area contributed by atoms with Crippen molar-refractivity contribution in [3.63, 3.8) is 0 Å². The molecule has 0 saturated heterocycles. The van der Waals surface area contributed by atoms with Crippen molar-refractivity contribution in [2.75, 3.05) is 0 Å². The van der Waals surface area contributed by atoms with Crippen molar-refractivity contribution in [1.29, 1.82) is 0 Å². The highest BCUT2D eigenvalue weighted by Crippen LogP contribution is 2.22. The second-order valence-electron chi connectivity index (χ2n) is 2.98. The number of hydrogen-bond donors (Lipinski definition) is 0. The van der Waals surface area contributed by atoms with Gasteiger partial charge in [-0.1, -0.05) is 22.0 Å². The van der Waals surface area contributed by atoms with E-state index in [-0.39, 0.29) is 0 Å². The molecule has 1 heterocycles. The van der Waals surface area contributed by atoms with Crippen LogP contribution in [0.25, 0.3) is 10.8 Å². The van der Waals surface area contributed by atoms with Crippen LogP contribution in [0, 0.1) is 12.1 Å². The minimum absolute atomic E-state index is 0.708. The van der Waals surface area contributed by atoms with Crippen LogP contribution in [0.3, 0.4) is 0 Å². The van der Waals surface area contributed by atoms with Gasteiger partial charge < -0.3 is 5.21 Å². The van der Waals surface area contributed by atoms with E-state index in [0.29, 0.717) is 5.69 Å². The minimum Gasteiger partial charge on any atom is -0.618 e. The Kier molecular flexibility index (Phi) is 1.96. The zero-order valence-corrected chi connectivity index (χ0v) is 8.71. The maximum Gasteiger partial charge on any atom is 0.190 e. The molecule has 3 heteroatoms. The molecule has 0 spiro atoms. The van der Waals surface area contributed by atoms with Gasteiger partial charge in [0.25, 0.3) is 0 Å². The molecular formula is C10H8BrNO. The maximum atomic E-state index is 11.2. The van der Waals surface area contributed by atoms with Crippen molar-refractivity contribution in [2.45, 2.75) is 6.92 Å². The van der Waals surface area contributed by atoms with Crippen LogP contribution in [0.1, 0.15) is 5.69 Å². The predicted octanol–water partition coefficient (Wildman–Crippen LogP) is 2.54. The number of aromatic nitrogens is 1. The Morgan fingerprint density at radius 2 is 2.15 bits per heavy atom. The van der Waals surface area contributed by atoms with Crippen molar-refractivity contribution >= 4 is 26.7 Å². The van der Waals surface area contributed by atoms with Crippen molar-refractivity contribution in [2.24, 2.45) is 0 Å². The van der Waals surface area contributed by atoms with E-state index in [2.05, 4.69) is 15.9 Å². The highest BCUT2D eigenvalue weighted by Gasteiger charge is 2.04. The molecule has 0 aliphatic rings. The summed E-state index contributed by atoms with van der Waals surface area (Å²) in [7, 11) is 0. The van der Waals surface area contributed by atoms with Crippen LogP contribution in [0.2, 0.25) is 0 Å². The van der Waals surface area contributed by atoms with Crippen LogP contribution in [0.5, 0.6) is 0 Å². The van der Waals surface area contributed by atoms with Gasteiger partial charge >= 0.3 is 0 Å². The molecular weight excluding hydrogens is 230 g/mol. The third kappa shape index (κ3) is 1.40. The highest BCUT2D eigenvalue weighted by molar-refractivity contribution is 9.10. The van der Waals surface area contributed by atoms with Gasteiger partial charge in [0.2, 0.25) is 0 Å². The quantitative estimate of drug-likeness (QED) is 0.511. The average molecular weight is 238 g/mol. The van der Waals surface area contributed by atoms with E-state index in [1.165, 1.54) is 0 Å². The summed E-state index contributed by atoms with van der Waals surface area (Å²) in [6.07, 6.45) is 1.59. The van der Waals surface area contributed by atoms with E-state index in [1.54, 1.807) is 13.1 Å². The van der Waals surface area contributed by atoms with Crippen molar-refractivity contribution in [3.8, 4) is 0 Å². The Balaban J connectivity index is 2.89. The Morgan fingerprint density at radius 1 is 1.38 bits per heavy atom. The molecule has 13 heavy (non-hydrogen) atoms. The summed E-state index contributed by atoms with van der Waals surface area (Å²) in [4.78, 5) is 0. The molecule has 0 atom stereocenters. The molecule has 0 N–H and O–H groups in total. The molecule has 0 aliphatic heterocycles.